The highest BCUT2D eigenvalue weighted by Gasteiger charge is 2.62. The molecule has 1 saturated heterocycles. The van der Waals surface area contributed by atoms with Crippen molar-refractivity contribution in [3.63, 3.8) is 0 Å². The van der Waals surface area contributed by atoms with Crippen molar-refractivity contribution in [1.82, 2.24) is 19.5 Å². The maximum absolute atomic E-state index is 16.2. The van der Waals surface area contributed by atoms with Gasteiger partial charge in [-0.15, -0.1) is 0 Å². The molecule has 2 aromatic heterocycles. The number of alkyl halides is 2. The average Bonchev–Trinajstić information content (AvgIpc) is 3.57. The molecule has 1 aliphatic rings. The van der Waals surface area contributed by atoms with E-state index >= 15 is 8.78 Å². The van der Waals surface area contributed by atoms with Gasteiger partial charge >= 0.3 is 0 Å². The number of methoxy groups -OCH3 is 1. The van der Waals surface area contributed by atoms with E-state index in [2.05, 4.69) is 10.3 Å². The van der Waals surface area contributed by atoms with Gasteiger partial charge in [0.1, 0.15) is 17.9 Å². The molecule has 2 N–H and O–H groups in total. The number of benzene rings is 3. The summed E-state index contributed by atoms with van der Waals surface area (Å²) >= 11 is 0. The average molecular weight is 616 g/mol. The molecule has 9 nitrogen and oxygen atoms in total. The minimum atomic E-state index is -2.59. The van der Waals surface area contributed by atoms with Gasteiger partial charge in [0.05, 0.1) is 26.0 Å². The van der Waals surface area contributed by atoms with Gasteiger partial charge in [0.25, 0.3) is 0 Å². The van der Waals surface area contributed by atoms with Crippen molar-refractivity contribution in [2.45, 2.75) is 44.1 Å². The highest BCUT2D eigenvalue weighted by Crippen LogP contribution is 2.52. The fourth-order valence-corrected chi connectivity index (χ4v) is 6.00. The van der Waals surface area contributed by atoms with Crippen LogP contribution in [0.5, 0.6) is 11.6 Å². The van der Waals surface area contributed by atoms with E-state index in [4.69, 9.17) is 24.2 Å². The molecule has 234 valence electrons. The number of imidazole rings is 1. The summed E-state index contributed by atoms with van der Waals surface area (Å²) in [5, 5.41) is 13.3. The van der Waals surface area contributed by atoms with Crippen LogP contribution in [0.15, 0.2) is 91.3 Å². The van der Waals surface area contributed by atoms with E-state index in [0.29, 0.717) is 5.75 Å². The second-order valence-electron chi connectivity index (χ2n) is 11.2. The van der Waals surface area contributed by atoms with Gasteiger partial charge in [0.15, 0.2) is 23.1 Å². The molecule has 0 unspecified atom stereocenters. The van der Waals surface area contributed by atoms with E-state index in [9.17, 15) is 5.11 Å². The summed E-state index contributed by atoms with van der Waals surface area (Å²) in [7, 11) is 1.61. The zero-order valence-corrected chi connectivity index (χ0v) is 25.4. The Bertz CT molecular complexity index is 1730. The molecule has 3 aromatic carbocycles. The van der Waals surface area contributed by atoms with Crippen LogP contribution in [0.3, 0.4) is 0 Å². The molecule has 1 aliphatic heterocycles. The first-order chi connectivity index (χ1) is 21.7. The van der Waals surface area contributed by atoms with Crippen molar-refractivity contribution in [2.75, 3.05) is 25.6 Å². The number of ether oxygens (including phenoxy) is 3. The lowest BCUT2D eigenvalue weighted by Gasteiger charge is -2.37. The second-order valence-corrected chi connectivity index (χ2v) is 11.2. The third-order valence-corrected chi connectivity index (χ3v) is 8.66. The van der Waals surface area contributed by atoms with Crippen LogP contribution in [0.2, 0.25) is 0 Å². The third-order valence-electron chi connectivity index (χ3n) is 8.66. The van der Waals surface area contributed by atoms with Crippen LogP contribution >= 0.6 is 0 Å². The van der Waals surface area contributed by atoms with E-state index in [-0.39, 0.29) is 29.6 Å². The molecule has 3 heterocycles. The maximum atomic E-state index is 16.2. The Labute approximate surface area is 259 Å². The summed E-state index contributed by atoms with van der Waals surface area (Å²) in [5.41, 5.74) is -0.152. The Kier molecular flexibility index (Phi) is 7.92. The number of hydrogen-bond donors (Lipinski definition) is 2. The molecule has 11 heteroatoms. The smallest absolute Gasteiger partial charge is 0.247 e. The molecular formula is C34H35F2N5O4. The van der Waals surface area contributed by atoms with Crippen molar-refractivity contribution < 1.29 is 28.1 Å². The summed E-state index contributed by atoms with van der Waals surface area (Å²) in [6.07, 6.45) is -0.142. The third kappa shape index (κ3) is 5.05. The van der Waals surface area contributed by atoms with Gasteiger partial charge in [0, 0.05) is 0 Å². The van der Waals surface area contributed by atoms with E-state index in [1.54, 1.807) is 7.11 Å². The first-order valence-electron chi connectivity index (χ1n) is 14.8. The van der Waals surface area contributed by atoms with Gasteiger partial charge in [-0.05, 0) is 42.7 Å². The normalized spacial score (nSPS) is 23.3. The first-order valence-corrected chi connectivity index (χ1v) is 14.8. The fourth-order valence-electron chi connectivity index (χ4n) is 6.00. The standard InChI is InChI=1S/C34H35F2N5O4/c1-5-44-29-27-28(41(21-37-27)30-32(3,35)22(2)33(36,20-42)45-30)38-31(39-29)40-34(23-12-8-6-9-13-23,24-14-10-7-11-15-24)25-16-18-26(43-4)19-17-25/h6-19,21-22,30,42H,5,20H2,1-4H3,(H,38,39,40)/t22-,30+,32+,33+/m0/s1. The minimum absolute atomic E-state index is 0.150. The van der Waals surface area contributed by atoms with Crippen molar-refractivity contribution in [3.05, 3.63) is 108 Å². The zero-order valence-electron chi connectivity index (χ0n) is 25.4. The lowest BCUT2D eigenvalue weighted by atomic mass is 9.77. The van der Waals surface area contributed by atoms with Gasteiger partial charge in [-0.3, -0.25) is 4.57 Å². The molecule has 4 atom stereocenters. The van der Waals surface area contributed by atoms with Gasteiger partial charge in [-0.25, -0.2) is 13.8 Å². The summed E-state index contributed by atoms with van der Waals surface area (Å²) in [5.74, 6) is -2.86. The fraction of sp³-hybridized carbons (Fsp3) is 0.324. The maximum Gasteiger partial charge on any atom is 0.247 e. The molecule has 0 saturated carbocycles. The van der Waals surface area contributed by atoms with Gasteiger partial charge in [0.2, 0.25) is 17.7 Å². The molecule has 6 rings (SSSR count). The largest absolute Gasteiger partial charge is 0.497 e. The number of halogens is 2. The highest BCUT2D eigenvalue weighted by atomic mass is 19.2. The SMILES string of the molecule is CCOc1nc(NC(c2ccccc2)(c2ccccc2)c2ccc(OC)cc2)nc2c1ncn2[C@@H]1O[C@](F)(CO)[C@@H](C)[C@@]1(C)F. The zero-order chi connectivity index (χ0) is 31.8. The van der Waals surface area contributed by atoms with Crippen LogP contribution in [0, 0.1) is 5.92 Å². The Morgan fingerprint density at radius 2 is 1.56 bits per heavy atom. The number of aliphatic hydroxyl groups is 1. The Morgan fingerprint density at radius 1 is 0.956 bits per heavy atom. The van der Waals surface area contributed by atoms with Crippen molar-refractivity contribution in [2.24, 2.45) is 5.92 Å². The van der Waals surface area contributed by atoms with E-state index < -0.39 is 35.8 Å². The number of anilines is 1. The quantitative estimate of drug-likeness (QED) is 0.179. The molecule has 0 amide bonds. The Morgan fingerprint density at radius 3 is 2.09 bits per heavy atom. The van der Waals surface area contributed by atoms with Crippen LogP contribution in [0.4, 0.5) is 14.7 Å². The molecule has 0 spiro atoms. The number of aliphatic hydroxyl groups excluding tert-OH is 1. The molecular weight excluding hydrogens is 580 g/mol. The number of hydrogen-bond acceptors (Lipinski definition) is 8. The molecule has 5 aromatic rings. The molecule has 0 bridgehead atoms. The minimum Gasteiger partial charge on any atom is -0.497 e. The number of fused-ring (bicyclic) bond motifs is 1. The lowest BCUT2D eigenvalue weighted by Crippen LogP contribution is -2.39. The molecule has 0 aliphatic carbocycles. The molecule has 45 heavy (non-hydrogen) atoms. The van der Waals surface area contributed by atoms with Crippen LogP contribution in [-0.2, 0) is 10.3 Å². The number of aromatic nitrogens is 4. The van der Waals surface area contributed by atoms with Crippen molar-refractivity contribution in [1.29, 1.82) is 0 Å². The van der Waals surface area contributed by atoms with Crippen LogP contribution < -0.4 is 14.8 Å². The lowest BCUT2D eigenvalue weighted by molar-refractivity contribution is -0.191. The number of nitrogens with zero attached hydrogens (tertiary/aromatic N) is 4. The van der Waals surface area contributed by atoms with Crippen LogP contribution in [0.25, 0.3) is 11.2 Å². The predicted octanol–water partition coefficient (Wildman–Crippen LogP) is 6.19. The monoisotopic (exact) mass is 615 g/mol. The Hall–Kier alpha value is -4.61. The molecule has 1 fully saturated rings. The van der Waals surface area contributed by atoms with E-state index in [0.717, 1.165) is 16.7 Å². The summed E-state index contributed by atoms with van der Waals surface area (Å²) < 4.78 is 49.9. The number of nitrogens with one attached hydrogen (secondary N) is 1. The predicted molar refractivity (Wildman–Crippen MR) is 166 cm³/mol. The van der Waals surface area contributed by atoms with Crippen LogP contribution in [0.1, 0.15) is 43.7 Å². The van der Waals surface area contributed by atoms with Crippen LogP contribution in [-0.4, -0.2) is 56.5 Å². The van der Waals surface area contributed by atoms with Gasteiger partial charge in [-0.1, -0.05) is 79.7 Å². The van der Waals surface area contributed by atoms with Crippen molar-refractivity contribution in [3.8, 4) is 11.6 Å². The Balaban J connectivity index is 1.58. The topological polar surface area (TPSA) is 104 Å². The second kappa shape index (κ2) is 11.7. The summed E-state index contributed by atoms with van der Waals surface area (Å²) in [4.78, 5) is 14.0. The summed E-state index contributed by atoms with van der Waals surface area (Å²) in [6.45, 7) is 3.70. The highest BCUT2D eigenvalue weighted by molar-refractivity contribution is 5.78. The summed E-state index contributed by atoms with van der Waals surface area (Å²) in [6, 6.07) is 27.4. The first kappa shape index (κ1) is 30.4. The van der Waals surface area contributed by atoms with Gasteiger partial charge in [-0.2, -0.15) is 9.97 Å². The van der Waals surface area contributed by atoms with E-state index in [1.807, 2.05) is 91.9 Å². The van der Waals surface area contributed by atoms with Crippen molar-refractivity contribution >= 4 is 17.1 Å². The van der Waals surface area contributed by atoms with E-state index in [1.165, 1.54) is 24.7 Å². The number of rotatable bonds is 10. The molecule has 0 radical (unpaired) electrons. The van der Waals surface area contributed by atoms with Gasteiger partial charge < -0.3 is 24.6 Å².